The fraction of sp³-hybridized carbons (Fsp3) is 0.667. The van der Waals surface area contributed by atoms with E-state index < -0.39 is 0 Å². The quantitative estimate of drug-likeness (QED) is 0.354. The van der Waals surface area contributed by atoms with Gasteiger partial charge in [0.15, 0.2) is 5.96 Å². The zero-order valence-corrected chi connectivity index (χ0v) is 20.5. The molecule has 1 aromatic carbocycles. The SMILES string of the molecule is CN=C(NCC(C(C)C)N1CCN(C)CC1)NC(C)c1ccc(C)c(F)c1.I. The van der Waals surface area contributed by atoms with E-state index in [1.807, 2.05) is 19.1 Å². The van der Waals surface area contributed by atoms with Crippen LogP contribution in [-0.2, 0) is 0 Å². The normalized spacial score (nSPS) is 18.5. The highest BCUT2D eigenvalue weighted by Gasteiger charge is 2.25. The Balaban J connectivity index is 0.00000392. The second-order valence-electron chi connectivity index (χ2n) is 7.98. The molecule has 1 fully saturated rings. The summed E-state index contributed by atoms with van der Waals surface area (Å²) < 4.78 is 13.9. The van der Waals surface area contributed by atoms with Crippen LogP contribution in [0.5, 0.6) is 0 Å². The van der Waals surface area contributed by atoms with Crippen molar-refractivity contribution in [1.29, 1.82) is 0 Å². The molecule has 1 aromatic rings. The van der Waals surface area contributed by atoms with E-state index in [2.05, 4.69) is 46.3 Å². The minimum atomic E-state index is -0.168. The molecule has 2 atom stereocenters. The summed E-state index contributed by atoms with van der Waals surface area (Å²) in [5.41, 5.74) is 1.58. The van der Waals surface area contributed by atoms with Gasteiger partial charge in [-0.1, -0.05) is 26.0 Å². The van der Waals surface area contributed by atoms with Crippen molar-refractivity contribution in [3.05, 3.63) is 35.1 Å². The van der Waals surface area contributed by atoms with Gasteiger partial charge in [0.1, 0.15) is 5.82 Å². The summed E-state index contributed by atoms with van der Waals surface area (Å²) in [6, 6.07) is 5.82. The first-order valence-electron chi connectivity index (χ1n) is 9.97. The smallest absolute Gasteiger partial charge is 0.191 e. The third kappa shape index (κ3) is 7.15. The van der Waals surface area contributed by atoms with Crippen LogP contribution in [0.15, 0.2) is 23.2 Å². The summed E-state index contributed by atoms with van der Waals surface area (Å²) >= 11 is 0. The molecule has 0 aromatic heterocycles. The second kappa shape index (κ2) is 11.9. The number of nitrogens with zero attached hydrogens (tertiary/aromatic N) is 3. The van der Waals surface area contributed by atoms with Gasteiger partial charge in [-0.15, -0.1) is 24.0 Å². The molecule has 0 radical (unpaired) electrons. The van der Waals surface area contributed by atoms with E-state index in [0.29, 0.717) is 17.5 Å². The summed E-state index contributed by atoms with van der Waals surface area (Å²) in [6.07, 6.45) is 0. The van der Waals surface area contributed by atoms with Crippen molar-refractivity contribution >= 4 is 29.9 Å². The van der Waals surface area contributed by atoms with E-state index in [1.54, 1.807) is 20.0 Å². The number of hydrogen-bond acceptors (Lipinski definition) is 3. The molecule has 0 spiro atoms. The number of likely N-dealkylation sites (N-methyl/N-ethyl adjacent to an activating group) is 1. The van der Waals surface area contributed by atoms with Crippen LogP contribution in [0.2, 0.25) is 0 Å². The van der Waals surface area contributed by atoms with Crippen molar-refractivity contribution in [2.45, 2.75) is 39.8 Å². The third-order valence-corrected chi connectivity index (χ3v) is 5.53. The van der Waals surface area contributed by atoms with Gasteiger partial charge in [-0.3, -0.25) is 9.89 Å². The van der Waals surface area contributed by atoms with Gasteiger partial charge in [-0.25, -0.2) is 4.39 Å². The van der Waals surface area contributed by atoms with Gasteiger partial charge in [0.25, 0.3) is 0 Å². The number of halogens is 2. The summed E-state index contributed by atoms with van der Waals surface area (Å²) in [7, 11) is 3.96. The predicted octanol–water partition coefficient (Wildman–Crippen LogP) is 3.25. The molecule has 0 amide bonds. The Labute approximate surface area is 187 Å². The lowest BCUT2D eigenvalue weighted by molar-refractivity contribution is 0.0900. The summed E-state index contributed by atoms with van der Waals surface area (Å²) in [4.78, 5) is 9.31. The number of benzene rings is 1. The molecular weight excluding hydrogens is 468 g/mol. The highest BCUT2D eigenvalue weighted by Crippen LogP contribution is 2.16. The van der Waals surface area contributed by atoms with E-state index in [4.69, 9.17) is 0 Å². The van der Waals surface area contributed by atoms with Crippen molar-refractivity contribution in [3.63, 3.8) is 0 Å². The maximum atomic E-state index is 13.9. The van der Waals surface area contributed by atoms with Crippen LogP contribution in [0.3, 0.4) is 0 Å². The Morgan fingerprint density at radius 1 is 1.18 bits per heavy atom. The molecular formula is C21H37FIN5. The van der Waals surface area contributed by atoms with E-state index in [-0.39, 0.29) is 35.8 Å². The lowest BCUT2D eigenvalue weighted by Gasteiger charge is -2.40. The zero-order chi connectivity index (χ0) is 20.0. The van der Waals surface area contributed by atoms with Crippen LogP contribution in [0, 0.1) is 18.7 Å². The Morgan fingerprint density at radius 2 is 1.82 bits per heavy atom. The number of aryl methyl sites for hydroxylation is 1. The summed E-state index contributed by atoms with van der Waals surface area (Å²) in [6.45, 7) is 13.6. The van der Waals surface area contributed by atoms with Crippen LogP contribution in [0.25, 0.3) is 0 Å². The Hall–Kier alpha value is -0.930. The fourth-order valence-electron chi connectivity index (χ4n) is 3.50. The highest BCUT2D eigenvalue weighted by molar-refractivity contribution is 14.0. The van der Waals surface area contributed by atoms with E-state index >= 15 is 0 Å². The first-order valence-corrected chi connectivity index (χ1v) is 9.97. The van der Waals surface area contributed by atoms with Gasteiger partial charge in [0, 0.05) is 45.8 Å². The fourth-order valence-corrected chi connectivity index (χ4v) is 3.50. The van der Waals surface area contributed by atoms with Gasteiger partial charge in [-0.2, -0.15) is 0 Å². The third-order valence-electron chi connectivity index (χ3n) is 5.53. The van der Waals surface area contributed by atoms with Crippen LogP contribution in [0.1, 0.15) is 37.9 Å². The molecule has 0 saturated carbocycles. The van der Waals surface area contributed by atoms with Crippen molar-refractivity contribution in [2.24, 2.45) is 10.9 Å². The number of aliphatic imine (C=N–C) groups is 1. The minimum Gasteiger partial charge on any atom is -0.355 e. The number of guanidine groups is 1. The highest BCUT2D eigenvalue weighted by atomic mass is 127. The molecule has 160 valence electrons. The molecule has 28 heavy (non-hydrogen) atoms. The molecule has 1 heterocycles. The summed E-state index contributed by atoms with van der Waals surface area (Å²) in [5.74, 6) is 1.14. The maximum Gasteiger partial charge on any atom is 0.191 e. The first-order chi connectivity index (χ1) is 12.8. The standard InChI is InChI=1S/C21H36FN5.HI/c1-15(2)20(27-11-9-26(6)10-12-27)14-24-21(23-5)25-17(4)18-8-7-16(3)19(22)13-18;/h7-8,13,15,17,20H,9-12,14H2,1-6H3,(H2,23,24,25);1H. The van der Waals surface area contributed by atoms with Crippen molar-refractivity contribution in [1.82, 2.24) is 20.4 Å². The number of piperazine rings is 1. The van der Waals surface area contributed by atoms with Crippen LogP contribution in [0.4, 0.5) is 4.39 Å². The van der Waals surface area contributed by atoms with E-state index in [0.717, 1.165) is 44.2 Å². The lowest BCUT2D eigenvalue weighted by atomic mass is 10.0. The molecule has 7 heteroatoms. The van der Waals surface area contributed by atoms with Crippen molar-refractivity contribution in [3.8, 4) is 0 Å². The van der Waals surface area contributed by atoms with Gasteiger partial charge >= 0.3 is 0 Å². The van der Waals surface area contributed by atoms with Crippen molar-refractivity contribution in [2.75, 3.05) is 46.8 Å². The Bertz CT molecular complexity index is 629. The molecule has 5 nitrogen and oxygen atoms in total. The van der Waals surface area contributed by atoms with Crippen LogP contribution >= 0.6 is 24.0 Å². The molecule has 1 saturated heterocycles. The van der Waals surface area contributed by atoms with Gasteiger partial charge in [0.2, 0.25) is 0 Å². The topological polar surface area (TPSA) is 42.9 Å². The van der Waals surface area contributed by atoms with E-state index in [1.165, 1.54) is 0 Å². The Kier molecular flexibility index (Phi) is 10.7. The molecule has 0 aliphatic carbocycles. The molecule has 1 aliphatic heterocycles. The Morgan fingerprint density at radius 3 is 2.36 bits per heavy atom. The average Bonchev–Trinajstić information content (AvgIpc) is 2.64. The second-order valence-corrected chi connectivity index (χ2v) is 7.98. The minimum absolute atomic E-state index is 0. The maximum absolute atomic E-state index is 13.9. The lowest BCUT2D eigenvalue weighted by Crippen LogP contribution is -2.55. The molecule has 0 bridgehead atoms. The van der Waals surface area contributed by atoms with Crippen molar-refractivity contribution < 1.29 is 4.39 Å². The molecule has 2 N–H and O–H groups in total. The van der Waals surface area contributed by atoms with Gasteiger partial charge < -0.3 is 15.5 Å². The average molecular weight is 505 g/mol. The van der Waals surface area contributed by atoms with Crippen LogP contribution < -0.4 is 10.6 Å². The number of nitrogens with one attached hydrogen (secondary N) is 2. The van der Waals surface area contributed by atoms with Gasteiger partial charge in [-0.05, 0) is 44.0 Å². The largest absolute Gasteiger partial charge is 0.355 e. The van der Waals surface area contributed by atoms with Crippen LogP contribution in [-0.4, -0.2) is 68.6 Å². The molecule has 2 unspecified atom stereocenters. The van der Waals surface area contributed by atoms with E-state index in [9.17, 15) is 4.39 Å². The predicted molar refractivity (Wildman–Crippen MR) is 127 cm³/mol. The molecule has 1 aliphatic rings. The first kappa shape index (κ1) is 25.1. The van der Waals surface area contributed by atoms with Gasteiger partial charge in [0.05, 0.1) is 6.04 Å². The summed E-state index contributed by atoms with van der Waals surface area (Å²) in [5, 5.41) is 6.86. The molecule has 2 rings (SSSR count). The zero-order valence-electron chi connectivity index (χ0n) is 18.1. The monoisotopic (exact) mass is 505 g/mol. The number of rotatable bonds is 6. The number of hydrogen-bond donors (Lipinski definition) is 2.